The molecule has 4 heteroatoms. The zero-order valence-electron chi connectivity index (χ0n) is 8.57. The lowest BCUT2D eigenvalue weighted by atomic mass is 10.0. The molecule has 0 aromatic rings. The maximum absolute atomic E-state index is 11.6. The molecule has 80 valence electrons. The Morgan fingerprint density at radius 2 is 2.00 bits per heavy atom. The van der Waals surface area contributed by atoms with Crippen LogP contribution in [-0.4, -0.2) is 31.7 Å². The minimum atomic E-state index is -2.36. The van der Waals surface area contributed by atoms with E-state index in [2.05, 4.69) is 26.1 Å². The Morgan fingerprint density at radius 3 is 2.46 bits per heavy atom. The SMILES string of the molecule is CCC(C)(C)NCCOCC(F)F. The molecule has 0 aliphatic rings. The lowest BCUT2D eigenvalue weighted by Crippen LogP contribution is -2.40. The van der Waals surface area contributed by atoms with E-state index < -0.39 is 13.0 Å². The summed E-state index contributed by atoms with van der Waals surface area (Å²) in [6, 6.07) is 0. The van der Waals surface area contributed by atoms with Gasteiger partial charge in [-0.25, -0.2) is 8.78 Å². The minimum Gasteiger partial charge on any atom is -0.374 e. The largest absolute Gasteiger partial charge is 0.374 e. The van der Waals surface area contributed by atoms with E-state index >= 15 is 0 Å². The van der Waals surface area contributed by atoms with Crippen LogP contribution in [0.25, 0.3) is 0 Å². The van der Waals surface area contributed by atoms with Crippen molar-refractivity contribution in [2.75, 3.05) is 19.8 Å². The van der Waals surface area contributed by atoms with Crippen molar-refractivity contribution in [2.45, 2.75) is 39.2 Å². The Bertz CT molecular complexity index is 129. The Morgan fingerprint density at radius 1 is 1.38 bits per heavy atom. The van der Waals surface area contributed by atoms with E-state index in [9.17, 15) is 8.78 Å². The third kappa shape index (κ3) is 8.12. The second kappa shape index (κ2) is 6.27. The van der Waals surface area contributed by atoms with Crippen molar-refractivity contribution in [3.63, 3.8) is 0 Å². The second-order valence-corrected chi connectivity index (χ2v) is 3.63. The van der Waals surface area contributed by atoms with Crippen LogP contribution in [-0.2, 0) is 4.74 Å². The molecule has 0 amide bonds. The van der Waals surface area contributed by atoms with Crippen molar-refractivity contribution in [3.8, 4) is 0 Å². The predicted molar refractivity (Wildman–Crippen MR) is 49.2 cm³/mol. The lowest BCUT2D eigenvalue weighted by Gasteiger charge is -2.24. The van der Waals surface area contributed by atoms with Gasteiger partial charge >= 0.3 is 0 Å². The normalized spacial score (nSPS) is 12.5. The van der Waals surface area contributed by atoms with Crippen LogP contribution in [0, 0.1) is 0 Å². The van der Waals surface area contributed by atoms with Gasteiger partial charge in [0.15, 0.2) is 0 Å². The number of hydrogen-bond acceptors (Lipinski definition) is 2. The molecule has 2 nitrogen and oxygen atoms in total. The highest BCUT2D eigenvalue weighted by molar-refractivity contribution is 4.74. The molecule has 0 aliphatic carbocycles. The molecule has 0 saturated heterocycles. The zero-order chi connectivity index (χ0) is 10.3. The summed E-state index contributed by atoms with van der Waals surface area (Å²) in [5.41, 5.74) is 0.0637. The first-order chi connectivity index (χ1) is 5.98. The first-order valence-electron chi connectivity index (χ1n) is 4.59. The summed E-state index contributed by atoms with van der Waals surface area (Å²) in [4.78, 5) is 0. The number of ether oxygens (including phenoxy) is 1. The average Bonchev–Trinajstić information content (AvgIpc) is 2.03. The van der Waals surface area contributed by atoms with Crippen LogP contribution >= 0.6 is 0 Å². The molecule has 0 radical (unpaired) electrons. The van der Waals surface area contributed by atoms with Crippen molar-refractivity contribution in [3.05, 3.63) is 0 Å². The molecule has 0 aliphatic heterocycles. The van der Waals surface area contributed by atoms with Gasteiger partial charge in [0.2, 0.25) is 0 Å². The van der Waals surface area contributed by atoms with E-state index in [4.69, 9.17) is 4.74 Å². The van der Waals surface area contributed by atoms with E-state index in [0.29, 0.717) is 13.2 Å². The van der Waals surface area contributed by atoms with Gasteiger partial charge in [-0.05, 0) is 20.3 Å². The van der Waals surface area contributed by atoms with Gasteiger partial charge in [0.1, 0.15) is 6.61 Å². The van der Waals surface area contributed by atoms with Crippen molar-refractivity contribution in [2.24, 2.45) is 0 Å². The van der Waals surface area contributed by atoms with Crippen molar-refractivity contribution in [1.82, 2.24) is 5.32 Å². The summed E-state index contributed by atoms with van der Waals surface area (Å²) in [7, 11) is 0. The smallest absolute Gasteiger partial charge is 0.261 e. The lowest BCUT2D eigenvalue weighted by molar-refractivity contribution is 0.0173. The first kappa shape index (κ1) is 12.8. The van der Waals surface area contributed by atoms with Gasteiger partial charge in [0.25, 0.3) is 6.43 Å². The van der Waals surface area contributed by atoms with Crippen LogP contribution in [0.2, 0.25) is 0 Å². The fraction of sp³-hybridized carbons (Fsp3) is 1.00. The summed E-state index contributed by atoms with van der Waals surface area (Å²) in [6.45, 7) is 6.71. The van der Waals surface area contributed by atoms with Gasteiger partial charge in [0.05, 0.1) is 6.61 Å². The molecule has 1 N–H and O–H groups in total. The summed E-state index contributed by atoms with van der Waals surface area (Å²) in [6.07, 6.45) is -1.36. The molecule has 0 fully saturated rings. The van der Waals surface area contributed by atoms with E-state index in [1.54, 1.807) is 0 Å². The maximum Gasteiger partial charge on any atom is 0.261 e. The van der Waals surface area contributed by atoms with E-state index in [0.717, 1.165) is 6.42 Å². The quantitative estimate of drug-likeness (QED) is 0.628. The van der Waals surface area contributed by atoms with E-state index in [-0.39, 0.29) is 5.54 Å². The highest BCUT2D eigenvalue weighted by Crippen LogP contribution is 2.05. The van der Waals surface area contributed by atoms with Crippen molar-refractivity contribution >= 4 is 0 Å². The van der Waals surface area contributed by atoms with Crippen LogP contribution < -0.4 is 5.32 Å². The number of nitrogens with one attached hydrogen (secondary N) is 1. The molecule has 0 bridgehead atoms. The Labute approximate surface area is 78.7 Å². The molecule has 0 atom stereocenters. The average molecular weight is 195 g/mol. The van der Waals surface area contributed by atoms with Crippen LogP contribution in [0.15, 0.2) is 0 Å². The monoisotopic (exact) mass is 195 g/mol. The van der Waals surface area contributed by atoms with Gasteiger partial charge in [0, 0.05) is 12.1 Å². The van der Waals surface area contributed by atoms with Gasteiger partial charge in [-0.2, -0.15) is 0 Å². The number of hydrogen-bond donors (Lipinski definition) is 1. The van der Waals surface area contributed by atoms with Gasteiger partial charge < -0.3 is 10.1 Å². The maximum atomic E-state index is 11.6. The van der Waals surface area contributed by atoms with Crippen LogP contribution in [0.1, 0.15) is 27.2 Å². The summed E-state index contributed by atoms with van der Waals surface area (Å²) in [5, 5.41) is 3.21. The number of alkyl halides is 2. The number of rotatable bonds is 7. The molecule has 0 aromatic heterocycles. The molecular formula is C9H19F2NO. The zero-order valence-corrected chi connectivity index (χ0v) is 8.57. The molecule has 0 rings (SSSR count). The second-order valence-electron chi connectivity index (χ2n) is 3.63. The number of halogens is 2. The molecule has 0 unspecified atom stereocenters. The molecular weight excluding hydrogens is 176 g/mol. The molecule has 13 heavy (non-hydrogen) atoms. The fourth-order valence-corrected chi connectivity index (χ4v) is 0.759. The minimum absolute atomic E-state index is 0.0637. The van der Waals surface area contributed by atoms with Crippen molar-refractivity contribution in [1.29, 1.82) is 0 Å². The Hall–Kier alpha value is -0.220. The summed E-state index contributed by atoms with van der Waals surface area (Å²) >= 11 is 0. The Kier molecular flexibility index (Phi) is 6.16. The third-order valence-electron chi connectivity index (χ3n) is 1.98. The van der Waals surface area contributed by atoms with Gasteiger partial charge in [-0.1, -0.05) is 6.92 Å². The van der Waals surface area contributed by atoms with Crippen LogP contribution in [0.3, 0.4) is 0 Å². The first-order valence-corrected chi connectivity index (χ1v) is 4.59. The fourth-order valence-electron chi connectivity index (χ4n) is 0.759. The van der Waals surface area contributed by atoms with Crippen molar-refractivity contribution < 1.29 is 13.5 Å². The summed E-state index contributed by atoms with van der Waals surface area (Å²) < 4.78 is 28.0. The van der Waals surface area contributed by atoms with Gasteiger partial charge in [-0.15, -0.1) is 0 Å². The highest BCUT2D eigenvalue weighted by Gasteiger charge is 2.12. The molecule has 0 spiro atoms. The van der Waals surface area contributed by atoms with Crippen LogP contribution in [0.5, 0.6) is 0 Å². The predicted octanol–water partition coefficient (Wildman–Crippen LogP) is 2.05. The standard InChI is InChI=1S/C9H19F2NO/c1-4-9(2,3)12-5-6-13-7-8(10)11/h8,12H,4-7H2,1-3H3. The van der Waals surface area contributed by atoms with E-state index in [1.165, 1.54) is 0 Å². The third-order valence-corrected chi connectivity index (χ3v) is 1.98. The topological polar surface area (TPSA) is 21.3 Å². The molecule has 0 aromatic carbocycles. The molecule has 0 heterocycles. The van der Waals surface area contributed by atoms with E-state index in [1.807, 2.05) is 0 Å². The Balaban J connectivity index is 3.26. The highest BCUT2D eigenvalue weighted by atomic mass is 19.3. The van der Waals surface area contributed by atoms with Gasteiger partial charge in [-0.3, -0.25) is 0 Å². The molecule has 0 saturated carbocycles. The summed E-state index contributed by atoms with van der Waals surface area (Å²) in [5.74, 6) is 0. The van der Waals surface area contributed by atoms with Crippen LogP contribution in [0.4, 0.5) is 8.78 Å².